The average molecular weight is 243 g/mol. The molecule has 0 saturated heterocycles. The van der Waals surface area contributed by atoms with Crippen LogP contribution < -0.4 is 0 Å². The number of nitrogens with zero attached hydrogens (tertiary/aromatic N) is 1. The molecule has 0 amide bonds. The first-order valence-electron chi connectivity index (χ1n) is 5.38. The fourth-order valence-corrected chi connectivity index (χ4v) is 1.25. The predicted octanol–water partition coefficient (Wildman–Crippen LogP) is 4.12. The molecule has 0 bridgehead atoms. The molecule has 1 rings (SSSR count). The lowest BCUT2D eigenvalue weighted by Crippen LogP contribution is -2.10. The van der Waals surface area contributed by atoms with E-state index in [0.29, 0.717) is 6.42 Å². The monoisotopic (exact) mass is 243 g/mol. The lowest BCUT2D eigenvalue weighted by molar-refractivity contribution is -0.137. The highest BCUT2D eigenvalue weighted by Gasteiger charge is 2.29. The fourth-order valence-electron chi connectivity index (χ4n) is 1.25. The van der Waals surface area contributed by atoms with E-state index in [2.05, 4.69) is 4.99 Å². The summed E-state index contributed by atoms with van der Waals surface area (Å²) in [5.74, 6) is 0. The first kappa shape index (κ1) is 13.7. The molecule has 1 nitrogen and oxygen atoms in total. The molecule has 4 heteroatoms. The lowest BCUT2D eigenvalue weighted by Gasteiger charge is -2.11. The van der Waals surface area contributed by atoms with Crippen molar-refractivity contribution in [2.75, 3.05) is 0 Å². The van der Waals surface area contributed by atoms with E-state index < -0.39 is 11.7 Å². The molecule has 0 saturated carbocycles. The minimum atomic E-state index is -4.27. The van der Waals surface area contributed by atoms with Gasteiger partial charge in [0.2, 0.25) is 0 Å². The third-order valence-electron chi connectivity index (χ3n) is 2.09. The van der Waals surface area contributed by atoms with Gasteiger partial charge in [-0.2, -0.15) is 13.2 Å². The zero-order valence-electron chi connectivity index (χ0n) is 10.2. The Morgan fingerprint density at radius 1 is 1.06 bits per heavy atom. The van der Waals surface area contributed by atoms with Crippen LogP contribution in [0.25, 0.3) is 0 Å². The number of benzene rings is 1. The molecule has 17 heavy (non-hydrogen) atoms. The number of hydrogen-bond donors (Lipinski definition) is 0. The Bertz CT molecular complexity index is 383. The maximum atomic E-state index is 12.3. The Labute approximate surface area is 99.4 Å². The van der Waals surface area contributed by atoms with Crippen LogP contribution in [0.5, 0.6) is 0 Å². The standard InChI is InChI=1S/C13H16F3N/c1-12(2,3)17-9-8-10-4-6-11(7-5-10)13(14,15)16/h4-7,9H,8H2,1-3H3. The van der Waals surface area contributed by atoms with Gasteiger partial charge in [-0.15, -0.1) is 0 Å². The summed E-state index contributed by atoms with van der Waals surface area (Å²) in [6.07, 6.45) is -1.98. The quantitative estimate of drug-likeness (QED) is 0.693. The van der Waals surface area contributed by atoms with E-state index in [1.165, 1.54) is 12.1 Å². The summed E-state index contributed by atoms with van der Waals surface area (Å²) in [6.45, 7) is 5.91. The average Bonchev–Trinajstić information content (AvgIpc) is 2.15. The van der Waals surface area contributed by atoms with Crippen molar-refractivity contribution in [1.29, 1.82) is 0 Å². The van der Waals surface area contributed by atoms with Gasteiger partial charge >= 0.3 is 6.18 Å². The zero-order valence-corrected chi connectivity index (χ0v) is 10.2. The Hall–Kier alpha value is -1.32. The third-order valence-corrected chi connectivity index (χ3v) is 2.09. The van der Waals surface area contributed by atoms with Gasteiger partial charge in [-0.25, -0.2) is 0 Å². The van der Waals surface area contributed by atoms with Gasteiger partial charge in [0.05, 0.1) is 11.1 Å². The normalized spacial score (nSPS) is 13.3. The lowest BCUT2D eigenvalue weighted by atomic mass is 10.1. The molecule has 1 aromatic rings. The van der Waals surface area contributed by atoms with Crippen LogP contribution in [0.4, 0.5) is 13.2 Å². The van der Waals surface area contributed by atoms with Crippen molar-refractivity contribution in [2.45, 2.75) is 38.9 Å². The summed E-state index contributed by atoms with van der Waals surface area (Å²) < 4.78 is 36.9. The van der Waals surface area contributed by atoms with Crippen molar-refractivity contribution in [2.24, 2.45) is 4.99 Å². The molecule has 0 radical (unpaired) electrons. The molecular formula is C13H16F3N. The van der Waals surface area contributed by atoms with Gasteiger partial charge in [-0.1, -0.05) is 12.1 Å². The highest BCUT2D eigenvalue weighted by Crippen LogP contribution is 2.29. The van der Waals surface area contributed by atoms with E-state index in [1.807, 2.05) is 20.8 Å². The van der Waals surface area contributed by atoms with Crippen LogP contribution in [0.15, 0.2) is 29.3 Å². The van der Waals surface area contributed by atoms with Crippen molar-refractivity contribution in [3.63, 3.8) is 0 Å². The van der Waals surface area contributed by atoms with Crippen LogP contribution in [0.2, 0.25) is 0 Å². The van der Waals surface area contributed by atoms with Crippen molar-refractivity contribution in [3.8, 4) is 0 Å². The zero-order chi connectivity index (χ0) is 13.1. The summed E-state index contributed by atoms with van der Waals surface area (Å²) in [5, 5.41) is 0. The SMILES string of the molecule is CC(C)(C)N=CCc1ccc(C(F)(F)F)cc1. The van der Waals surface area contributed by atoms with Gasteiger partial charge in [-0.05, 0) is 38.5 Å². The highest BCUT2D eigenvalue weighted by molar-refractivity contribution is 5.62. The van der Waals surface area contributed by atoms with E-state index in [0.717, 1.165) is 17.7 Å². The highest BCUT2D eigenvalue weighted by atomic mass is 19.4. The van der Waals surface area contributed by atoms with Crippen molar-refractivity contribution in [1.82, 2.24) is 0 Å². The summed E-state index contributed by atoms with van der Waals surface area (Å²) in [7, 11) is 0. The van der Waals surface area contributed by atoms with Crippen LogP contribution in [0.3, 0.4) is 0 Å². The van der Waals surface area contributed by atoms with Crippen LogP contribution >= 0.6 is 0 Å². The van der Waals surface area contributed by atoms with Gasteiger partial charge in [0.1, 0.15) is 0 Å². The van der Waals surface area contributed by atoms with Crippen LogP contribution in [-0.4, -0.2) is 11.8 Å². The number of alkyl halides is 3. The first-order chi connectivity index (χ1) is 7.68. The van der Waals surface area contributed by atoms with Gasteiger partial charge in [0.15, 0.2) is 0 Å². The van der Waals surface area contributed by atoms with Crippen LogP contribution in [0, 0.1) is 0 Å². The molecular weight excluding hydrogens is 227 g/mol. The van der Waals surface area contributed by atoms with E-state index in [1.54, 1.807) is 6.21 Å². The summed E-state index contributed by atoms with van der Waals surface area (Å²) in [4.78, 5) is 4.28. The van der Waals surface area contributed by atoms with Crippen molar-refractivity contribution in [3.05, 3.63) is 35.4 Å². The number of aliphatic imine (C=N–C) groups is 1. The molecule has 0 heterocycles. The molecule has 1 aromatic carbocycles. The fraction of sp³-hybridized carbons (Fsp3) is 0.462. The molecule has 0 fully saturated rings. The van der Waals surface area contributed by atoms with Crippen molar-refractivity contribution < 1.29 is 13.2 Å². The Balaban J connectivity index is 2.67. The van der Waals surface area contributed by atoms with Gasteiger partial charge < -0.3 is 0 Å². The number of hydrogen-bond acceptors (Lipinski definition) is 1. The molecule has 94 valence electrons. The summed E-state index contributed by atoms with van der Waals surface area (Å²) in [6, 6.07) is 5.16. The molecule has 0 atom stereocenters. The predicted molar refractivity (Wildman–Crippen MR) is 63.4 cm³/mol. The van der Waals surface area contributed by atoms with E-state index >= 15 is 0 Å². The number of halogens is 3. The number of rotatable bonds is 2. The third kappa shape index (κ3) is 5.02. The minimum absolute atomic E-state index is 0.147. The molecule has 0 aromatic heterocycles. The second-order valence-electron chi connectivity index (χ2n) is 4.88. The Kier molecular flexibility index (Phi) is 3.96. The van der Waals surface area contributed by atoms with Gasteiger partial charge in [0, 0.05) is 12.6 Å². The molecule has 0 aliphatic rings. The van der Waals surface area contributed by atoms with Gasteiger partial charge in [-0.3, -0.25) is 4.99 Å². The molecule has 0 N–H and O–H groups in total. The van der Waals surface area contributed by atoms with E-state index in [9.17, 15) is 13.2 Å². The van der Waals surface area contributed by atoms with Crippen molar-refractivity contribution >= 4 is 6.21 Å². The van der Waals surface area contributed by atoms with Crippen LogP contribution in [-0.2, 0) is 12.6 Å². The molecule has 0 aliphatic carbocycles. The first-order valence-corrected chi connectivity index (χ1v) is 5.38. The summed E-state index contributed by atoms with van der Waals surface area (Å²) >= 11 is 0. The second kappa shape index (κ2) is 4.90. The van der Waals surface area contributed by atoms with Gasteiger partial charge in [0.25, 0.3) is 0 Å². The largest absolute Gasteiger partial charge is 0.416 e. The maximum absolute atomic E-state index is 12.3. The maximum Gasteiger partial charge on any atom is 0.416 e. The minimum Gasteiger partial charge on any atom is -0.291 e. The molecule has 0 aliphatic heterocycles. The van der Waals surface area contributed by atoms with E-state index in [4.69, 9.17) is 0 Å². The molecule has 0 unspecified atom stereocenters. The Morgan fingerprint density at radius 3 is 2.00 bits per heavy atom. The molecule has 0 spiro atoms. The smallest absolute Gasteiger partial charge is 0.291 e. The van der Waals surface area contributed by atoms with Crippen LogP contribution in [0.1, 0.15) is 31.9 Å². The summed E-state index contributed by atoms with van der Waals surface area (Å²) in [5.41, 5.74) is 0.0614. The Morgan fingerprint density at radius 2 is 1.59 bits per heavy atom. The van der Waals surface area contributed by atoms with E-state index in [-0.39, 0.29) is 5.54 Å². The second-order valence-corrected chi connectivity index (χ2v) is 4.88. The topological polar surface area (TPSA) is 12.4 Å².